The molecule has 0 radical (unpaired) electrons. The van der Waals surface area contributed by atoms with Gasteiger partial charge in [-0.3, -0.25) is 14.3 Å². The second-order valence-corrected chi connectivity index (χ2v) is 8.61. The minimum absolute atomic E-state index is 0.0208. The lowest BCUT2D eigenvalue weighted by atomic mass is 10.0. The second kappa shape index (κ2) is 9.96. The van der Waals surface area contributed by atoms with E-state index in [2.05, 4.69) is 9.97 Å². The van der Waals surface area contributed by atoms with E-state index in [1.807, 2.05) is 13.8 Å². The number of aromatic nitrogens is 3. The maximum absolute atomic E-state index is 15.5. The summed E-state index contributed by atoms with van der Waals surface area (Å²) in [6, 6.07) is 6.54. The summed E-state index contributed by atoms with van der Waals surface area (Å²) in [7, 11) is 1.30. The van der Waals surface area contributed by atoms with Crippen molar-refractivity contribution < 1.29 is 28.2 Å². The summed E-state index contributed by atoms with van der Waals surface area (Å²) < 4.78 is 41.7. The van der Waals surface area contributed by atoms with Gasteiger partial charge in [-0.2, -0.15) is 0 Å². The van der Waals surface area contributed by atoms with E-state index in [4.69, 9.17) is 9.47 Å². The SMILES string of the molecule is CCOC(=O)c1c(O)c2cc(F)c(-c3c(F)cccc3OC)nc2n(-c2c(C)ccnc2C(C)C)c1=O. The van der Waals surface area contributed by atoms with Crippen molar-refractivity contribution in [3.05, 3.63) is 75.3 Å². The molecule has 0 saturated heterocycles. The molecular weight excluding hydrogens is 484 g/mol. The van der Waals surface area contributed by atoms with Gasteiger partial charge in [0.05, 0.1) is 36.0 Å². The third kappa shape index (κ3) is 4.28. The topological polar surface area (TPSA) is 104 Å². The van der Waals surface area contributed by atoms with Crippen LogP contribution in [0.15, 0.2) is 41.3 Å². The van der Waals surface area contributed by atoms with E-state index in [-0.39, 0.29) is 34.9 Å². The lowest BCUT2D eigenvalue weighted by molar-refractivity contribution is 0.0521. The summed E-state index contributed by atoms with van der Waals surface area (Å²) >= 11 is 0. The van der Waals surface area contributed by atoms with Gasteiger partial charge in [0.25, 0.3) is 5.56 Å². The number of hydrogen-bond donors (Lipinski definition) is 1. The van der Waals surface area contributed by atoms with Crippen LogP contribution in [-0.2, 0) is 4.74 Å². The van der Waals surface area contributed by atoms with Gasteiger partial charge in [0.1, 0.15) is 23.0 Å². The average Bonchev–Trinajstić information content (AvgIpc) is 2.85. The van der Waals surface area contributed by atoms with Crippen LogP contribution in [0.3, 0.4) is 0 Å². The zero-order chi connectivity index (χ0) is 27.0. The molecule has 0 aliphatic heterocycles. The molecule has 0 unspecified atom stereocenters. The van der Waals surface area contributed by atoms with E-state index < -0.39 is 40.2 Å². The fourth-order valence-electron chi connectivity index (χ4n) is 4.23. The van der Waals surface area contributed by atoms with Crippen molar-refractivity contribution in [3.8, 4) is 28.4 Å². The van der Waals surface area contributed by atoms with Crippen LogP contribution in [0.1, 0.15) is 48.3 Å². The van der Waals surface area contributed by atoms with Gasteiger partial charge >= 0.3 is 5.97 Å². The fourth-order valence-corrected chi connectivity index (χ4v) is 4.23. The fraction of sp³-hybridized carbons (Fsp3) is 0.259. The van der Waals surface area contributed by atoms with Gasteiger partial charge in [-0.15, -0.1) is 0 Å². The molecule has 3 aromatic heterocycles. The Balaban J connectivity index is 2.25. The first-order valence-corrected chi connectivity index (χ1v) is 11.6. The van der Waals surface area contributed by atoms with Gasteiger partial charge in [0.15, 0.2) is 17.0 Å². The number of carbonyl (C=O) groups is 1. The molecule has 37 heavy (non-hydrogen) atoms. The molecule has 0 aliphatic rings. The van der Waals surface area contributed by atoms with Gasteiger partial charge in [0.2, 0.25) is 0 Å². The number of esters is 1. The van der Waals surface area contributed by atoms with Gasteiger partial charge in [0, 0.05) is 6.20 Å². The second-order valence-electron chi connectivity index (χ2n) is 8.61. The van der Waals surface area contributed by atoms with E-state index in [0.29, 0.717) is 16.9 Å². The van der Waals surface area contributed by atoms with Crippen molar-refractivity contribution >= 4 is 17.0 Å². The first-order chi connectivity index (χ1) is 17.6. The van der Waals surface area contributed by atoms with Crippen LogP contribution in [-0.4, -0.2) is 39.3 Å². The van der Waals surface area contributed by atoms with E-state index in [1.165, 1.54) is 19.2 Å². The van der Waals surface area contributed by atoms with Crippen molar-refractivity contribution in [2.45, 2.75) is 33.6 Å². The molecule has 1 N–H and O–H groups in total. The summed E-state index contributed by atoms with van der Waals surface area (Å²) in [5, 5.41) is 10.7. The number of hydrogen-bond acceptors (Lipinski definition) is 7. The molecule has 0 fully saturated rings. The molecule has 0 bridgehead atoms. The summed E-state index contributed by atoms with van der Waals surface area (Å²) in [6.07, 6.45) is 1.58. The highest BCUT2D eigenvalue weighted by atomic mass is 19.1. The summed E-state index contributed by atoms with van der Waals surface area (Å²) in [4.78, 5) is 35.3. The summed E-state index contributed by atoms with van der Waals surface area (Å²) in [6.45, 7) is 6.97. The molecule has 4 rings (SSSR count). The molecule has 3 heterocycles. The van der Waals surface area contributed by atoms with Gasteiger partial charge in [-0.05, 0) is 49.6 Å². The summed E-state index contributed by atoms with van der Waals surface area (Å²) in [5.41, 5.74) is -1.09. The van der Waals surface area contributed by atoms with E-state index in [9.17, 15) is 19.1 Å². The quantitative estimate of drug-likeness (QED) is 0.363. The Labute approximate surface area is 211 Å². The van der Waals surface area contributed by atoms with E-state index in [1.54, 1.807) is 26.1 Å². The lowest BCUT2D eigenvalue weighted by Crippen LogP contribution is -2.29. The van der Waals surface area contributed by atoms with Crippen molar-refractivity contribution in [3.63, 3.8) is 0 Å². The first-order valence-electron chi connectivity index (χ1n) is 11.6. The molecule has 0 amide bonds. The van der Waals surface area contributed by atoms with Crippen molar-refractivity contribution in [1.29, 1.82) is 0 Å². The highest BCUT2D eigenvalue weighted by Crippen LogP contribution is 2.37. The highest BCUT2D eigenvalue weighted by Gasteiger charge is 2.29. The smallest absolute Gasteiger partial charge is 0.347 e. The molecule has 192 valence electrons. The third-order valence-electron chi connectivity index (χ3n) is 5.91. The monoisotopic (exact) mass is 509 g/mol. The molecule has 8 nitrogen and oxygen atoms in total. The Kier molecular flexibility index (Phi) is 6.93. The largest absolute Gasteiger partial charge is 0.506 e. The van der Waals surface area contributed by atoms with Crippen molar-refractivity contribution in [2.75, 3.05) is 13.7 Å². The Morgan fingerprint density at radius 3 is 2.57 bits per heavy atom. The number of nitrogens with zero attached hydrogens (tertiary/aromatic N) is 3. The first kappa shape index (κ1) is 25.7. The maximum Gasteiger partial charge on any atom is 0.347 e. The molecular formula is C27H25F2N3O5. The van der Waals surface area contributed by atoms with Crippen LogP contribution in [0.25, 0.3) is 28.0 Å². The number of methoxy groups -OCH3 is 1. The lowest BCUT2D eigenvalue weighted by Gasteiger charge is -2.20. The summed E-state index contributed by atoms with van der Waals surface area (Å²) in [5.74, 6) is -3.81. The molecule has 0 aliphatic carbocycles. The zero-order valence-corrected chi connectivity index (χ0v) is 20.9. The number of carbonyl (C=O) groups excluding carboxylic acids is 1. The molecule has 1 aromatic carbocycles. The van der Waals surface area contributed by atoms with Crippen molar-refractivity contribution in [1.82, 2.24) is 14.5 Å². The van der Waals surface area contributed by atoms with Crippen LogP contribution in [0.4, 0.5) is 8.78 Å². The van der Waals surface area contributed by atoms with E-state index in [0.717, 1.165) is 16.7 Å². The van der Waals surface area contributed by atoms with Gasteiger partial charge in [-0.1, -0.05) is 19.9 Å². The number of benzene rings is 1. The van der Waals surface area contributed by atoms with Crippen LogP contribution >= 0.6 is 0 Å². The van der Waals surface area contributed by atoms with Gasteiger partial charge in [-0.25, -0.2) is 18.6 Å². The Bertz CT molecular complexity index is 1600. The number of rotatable bonds is 6. The molecule has 4 aromatic rings. The predicted molar refractivity (Wildman–Crippen MR) is 133 cm³/mol. The van der Waals surface area contributed by atoms with Crippen LogP contribution < -0.4 is 10.3 Å². The zero-order valence-electron chi connectivity index (χ0n) is 20.9. The maximum atomic E-state index is 15.5. The highest BCUT2D eigenvalue weighted by molar-refractivity contribution is 6.00. The molecule has 0 spiro atoms. The number of halogens is 2. The average molecular weight is 510 g/mol. The minimum atomic E-state index is -1.08. The van der Waals surface area contributed by atoms with Crippen molar-refractivity contribution in [2.24, 2.45) is 0 Å². The number of ether oxygens (including phenoxy) is 2. The standard InChI is InChI=1S/C27H25F2N3O5/c1-6-37-27(35)20-24(33)15-12-17(29)22(19-16(28)8-7-9-18(19)36-5)31-25(15)32(26(20)34)23-14(4)10-11-30-21(23)13(2)3/h7-13,33H,6H2,1-5H3. The van der Waals surface area contributed by atoms with E-state index >= 15 is 4.39 Å². The molecule has 0 saturated carbocycles. The van der Waals surface area contributed by atoms with Gasteiger partial charge < -0.3 is 14.6 Å². The molecule has 10 heteroatoms. The Morgan fingerprint density at radius 2 is 1.92 bits per heavy atom. The minimum Gasteiger partial charge on any atom is -0.506 e. The normalized spacial score (nSPS) is 11.2. The molecule has 0 atom stereocenters. The third-order valence-corrected chi connectivity index (χ3v) is 5.91. The number of fused-ring (bicyclic) bond motifs is 1. The number of aryl methyl sites for hydroxylation is 1. The van der Waals surface area contributed by atoms with Crippen LogP contribution in [0, 0.1) is 18.6 Å². The predicted octanol–water partition coefficient (Wildman–Crippen LogP) is 5.05. The van der Waals surface area contributed by atoms with Crippen LogP contribution in [0.2, 0.25) is 0 Å². The number of pyridine rings is 3. The Morgan fingerprint density at radius 1 is 1.19 bits per heavy atom. The van der Waals surface area contributed by atoms with Crippen LogP contribution in [0.5, 0.6) is 11.5 Å². The Hall–Kier alpha value is -4.34. The number of aromatic hydroxyl groups is 1.